The zero-order valence-corrected chi connectivity index (χ0v) is 14.5. The van der Waals surface area contributed by atoms with E-state index in [9.17, 15) is 8.42 Å². The molecule has 0 saturated carbocycles. The quantitative estimate of drug-likeness (QED) is 0.886. The first-order chi connectivity index (χ1) is 9.56. The van der Waals surface area contributed by atoms with Gasteiger partial charge in [-0.15, -0.1) is 12.4 Å². The third kappa shape index (κ3) is 4.57. The van der Waals surface area contributed by atoms with Crippen molar-refractivity contribution in [3.63, 3.8) is 0 Å². The van der Waals surface area contributed by atoms with Crippen LogP contribution in [0.5, 0.6) is 0 Å². The highest BCUT2D eigenvalue weighted by Crippen LogP contribution is 2.30. The second kappa shape index (κ2) is 8.34. The number of hydrogen-bond acceptors (Lipinski definition) is 3. The zero-order chi connectivity index (χ0) is 14.6. The highest BCUT2D eigenvalue weighted by atomic mass is 35.5. The predicted octanol–water partition coefficient (Wildman–Crippen LogP) is 2.84. The summed E-state index contributed by atoms with van der Waals surface area (Å²) in [7, 11) is -3.22. The predicted molar refractivity (Wildman–Crippen MR) is 89.7 cm³/mol. The molecule has 0 radical (unpaired) electrons. The van der Waals surface area contributed by atoms with E-state index in [-0.39, 0.29) is 24.2 Å². The van der Waals surface area contributed by atoms with Crippen LogP contribution in [0.15, 0.2) is 24.3 Å². The number of benzene rings is 1. The van der Waals surface area contributed by atoms with Crippen molar-refractivity contribution in [2.24, 2.45) is 0 Å². The molecule has 0 bridgehead atoms. The third-order valence-corrected chi connectivity index (χ3v) is 5.87. The van der Waals surface area contributed by atoms with Crippen LogP contribution < -0.4 is 5.32 Å². The molecule has 2 rings (SSSR count). The topological polar surface area (TPSA) is 49.4 Å². The summed E-state index contributed by atoms with van der Waals surface area (Å²) < 4.78 is 26.6. The fourth-order valence-corrected chi connectivity index (χ4v) is 4.57. The Bertz CT molecular complexity index is 552. The van der Waals surface area contributed by atoms with E-state index in [1.165, 1.54) is 0 Å². The summed E-state index contributed by atoms with van der Waals surface area (Å²) in [5.74, 6) is 0.213. The molecule has 1 atom stereocenters. The zero-order valence-electron chi connectivity index (χ0n) is 12.1. The number of nitrogens with zero attached hydrogens (tertiary/aromatic N) is 1. The summed E-state index contributed by atoms with van der Waals surface area (Å²) >= 11 is 6.23. The number of rotatable bonds is 5. The maximum absolute atomic E-state index is 12.5. The van der Waals surface area contributed by atoms with Crippen molar-refractivity contribution in [1.29, 1.82) is 0 Å². The standard InChI is InChI=1S/C14H21ClN2O2S.ClH/c1-2-3-10-20(18,19)17-9-8-16-11-14(17)12-6-4-5-7-13(12)15;/h4-7,14,16H,2-3,8-11H2,1H3;1H. The second-order valence-corrected chi connectivity index (χ2v) is 7.47. The van der Waals surface area contributed by atoms with Crippen molar-refractivity contribution in [2.75, 3.05) is 25.4 Å². The van der Waals surface area contributed by atoms with E-state index in [4.69, 9.17) is 11.6 Å². The number of sulfonamides is 1. The fourth-order valence-electron chi connectivity index (χ4n) is 2.47. The Balaban J connectivity index is 0.00000220. The molecule has 0 spiro atoms. The Kier molecular flexibility index (Phi) is 7.44. The molecule has 1 aliphatic heterocycles. The van der Waals surface area contributed by atoms with E-state index in [2.05, 4.69) is 5.32 Å². The fraction of sp³-hybridized carbons (Fsp3) is 0.571. The lowest BCUT2D eigenvalue weighted by Gasteiger charge is -2.35. The summed E-state index contributed by atoms with van der Waals surface area (Å²) in [5, 5.41) is 3.88. The lowest BCUT2D eigenvalue weighted by Crippen LogP contribution is -2.49. The smallest absolute Gasteiger partial charge is 0.214 e. The molecule has 1 unspecified atom stereocenters. The highest BCUT2D eigenvalue weighted by Gasteiger charge is 2.33. The molecule has 7 heteroatoms. The summed E-state index contributed by atoms with van der Waals surface area (Å²) in [6.07, 6.45) is 1.57. The van der Waals surface area contributed by atoms with E-state index in [0.29, 0.717) is 31.1 Å². The van der Waals surface area contributed by atoms with Gasteiger partial charge in [-0.05, 0) is 18.1 Å². The first kappa shape index (κ1) is 18.7. The van der Waals surface area contributed by atoms with Gasteiger partial charge in [0.2, 0.25) is 10.0 Å². The average Bonchev–Trinajstić information content (AvgIpc) is 2.46. The van der Waals surface area contributed by atoms with Gasteiger partial charge in [-0.25, -0.2) is 8.42 Å². The van der Waals surface area contributed by atoms with Crippen LogP contribution in [0.4, 0.5) is 0 Å². The van der Waals surface area contributed by atoms with Gasteiger partial charge in [-0.1, -0.05) is 43.1 Å². The Hall–Kier alpha value is -0.330. The minimum absolute atomic E-state index is 0. The third-order valence-electron chi connectivity index (χ3n) is 3.57. The van der Waals surface area contributed by atoms with Crippen LogP contribution in [0.1, 0.15) is 31.4 Å². The van der Waals surface area contributed by atoms with Crippen molar-refractivity contribution in [3.8, 4) is 0 Å². The van der Waals surface area contributed by atoms with Crippen LogP contribution in [0.3, 0.4) is 0 Å². The number of halogens is 2. The molecule has 1 saturated heterocycles. The van der Waals surface area contributed by atoms with Crippen LogP contribution in [-0.4, -0.2) is 38.1 Å². The normalized spacial score (nSPS) is 20.0. The van der Waals surface area contributed by atoms with Gasteiger partial charge in [0.05, 0.1) is 11.8 Å². The molecule has 4 nitrogen and oxygen atoms in total. The van der Waals surface area contributed by atoms with Crippen molar-refractivity contribution in [2.45, 2.75) is 25.8 Å². The lowest BCUT2D eigenvalue weighted by molar-refractivity contribution is 0.271. The Labute approximate surface area is 138 Å². The lowest BCUT2D eigenvalue weighted by atomic mass is 10.1. The average molecular weight is 353 g/mol. The first-order valence-corrected chi connectivity index (χ1v) is 8.99. The highest BCUT2D eigenvalue weighted by molar-refractivity contribution is 7.89. The summed E-state index contributed by atoms with van der Waals surface area (Å²) in [6.45, 7) is 3.79. The Morgan fingerprint density at radius 1 is 1.38 bits per heavy atom. The molecule has 1 N–H and O–H groups in total. The van der Waals surface area contributed by atoms with Crippen LogP contribution >= 0.6 is 24.0 Å². The minimum atomic E-state index is -3.22. The van der Waals surface area contributed by atoms with Crippen molar-refractivity contribution in [3.05, 3.63) is 34.9 Å². The van der Waals surface area contributed by atoms with Crippen molar-refractivity contribution in [1.82, 2.24) is 9.62 Å². The summed E-state index contributed by atoms with van der Waals surface area (Å²) in [4.78, 5) is 0. The van der Waals surface area contributed by atoms with Gasteiger partial charge >= 0.3 is 0 Å². The van der Waals surface area contributed by atoms with Gasteiger partial charge in [0.15, 0.2) is 0 Å². The Morgan fingerprint density at radius 3 is 2.76 bits per heavy atom. The number of unbranched alkanes of at least 4 members (excludes halogenated alkanes) is 1. The van der Waals surface area contributed by atoms with Crippen LogP contribution in [0.25, 0.3) is 0 Å². The Morgan fingerprint density at radius 2 is 2.10 bits per heavy atom. The van der Waals surface area contributed by atoms with Crippen molar-refractivity contribution < 1.29 is 8.42 Å². The van der Waals surface area contributed by atoms with Gasteiger partial charge in [0.1, 0.15) is 0 Å². The SMILES string of the molecule is CCCCS(=O)(=O)N1CCNCC1c1ccccc1Cl.Cl. The molecule has 0 aromatic heterocycles. The minimum Gasteiger partial charge on any atom is -0.313 e. The maximum Gasteiger partial charge on any atom is 0.214 e. The second-order valence-electron chi connectivity index (χ2n) is 5.02. The first-order valence-electron chi connectivity index (χ1n) is 7.01. The monoisotopic (exact) mass is 352 g/mol. The van der Waals surface area contributed by atoms with Crippen molar-refractivity contribution >= 4 is 34.0 Å². The van der Waals surface area contributed by atoms with Gasteiger partial charge in [0.25, 0.3) is 0 Å². The van der Waals surface area contributed by atoms with Gasteiger partial charge < -0.3 is 5.32 Å². The molecular weight excluding hydrogens is 331 g/mol. The van der Waals surface area contributed by atoms with E-state index in [0.717, 1.165) is 12.0 Å². The van der Waals surface area contributed by atoms with E-state index in [1.54, 1.807) is 4.31 Å². The molecule has 1 heterocycles. The van der Waals surface area contributed by atoms with E-state index in [1.807, 2.05) is 31.2 Å². The number of piperazine rings is 1. The van der Waals surface area contributed by atoms with E-state index >= 15 is 0 Å². The molecule has 0 aliphatic carbocycles. The maximum atomic E-state index is 12.5. The van der Waals surface area contributed by atoms with E-state index < -0.39 is 10.0 Å². The van der Waals surface area contributed by atoms with Gasteiger partial charge in [0, 0.05) is 24.7 Å². The molecule has 120 valence electrons. The van der Waals surface area contributed by atoms with Crippen LogP contribution in [-0.2, 0) is 10.0 Å². The van der Waals surface area contributed by atoms with Gasteiger partial charge in [-0.3, -0.25) is 0 Å². The largest absolute Gasteiger partial charge is 0.313 e. The summed E-state index contributed by atoms with van der Waals surface area (Å²) in [6, 6.07) is 7.26. The molecule has 1 aromatic rings. The molecule has 1 aliphatic rings. The molecule has 1 fully saturated rings. The number of nitrogens with one attached hydrogen (secondary N) is 1. The molecule has 1 aromatic carbocycles. The molecular formula is C14H22Cl2N2O2S. The van der Waals surface area contributed by atoms with Gasteiger partial charge in [-0.2, -0.15) is 4.31 Å². The molecule has 0 amide bonds. The summed E-state index contributed by atoms with van der Waals surface area (Å²) in [5.41, 5.74) is 0.876. The molecule has 21 heavy (non-hydrogen) atoms. The van der Waals surface area contributed by atoms with Crippen LogP contribution in [0, 0.1) is 0 Å². The number of hydrogen-bond donors (Lipinski definition) is 1. The van der Waals surface area contributed by atoms with Crippen LogP contribution in [0.2, 0.25) is 5.02 Å².